The van der Waals surface area contributed by atoms with Gasteiger partial charge in [0.25, 0.3) is 0 Å². The fourth-order valence-corrected chi connectivity index (χ4v) is 3.30. The van der Waals surface area contributed by atoms with Crippen LogP contribution >= 0.6 is 0 Å². The summed E-state index contributed by atoms with van der Waals surface area (Å²) in [4.78, 5) is 2.29. The molecule has 0 aliphatic carbocycles. The summed E-state index contributed by atoms with van der Waals surface area (Å²) in [5.74, 6) is 0. The van der Waals surface area contributed by atoms with Crippen LogP contribution in [0.1, 0.15) is 16.7 Å². The van der Waals surface area contributed by atoms with Gasteiger partial charge in [0.2, 0.25) is 0 Å². The van der Waals surface area contributed by atoms with Gasteiger partial charge in [-0.15, -0.1) is 0 Å². The highest BCUT2D eigenvalue weighted by Crippen LogP contribution is 2.32. The number of hydrogen-bond acceptors (Lipinski definition) is 3. The van der Waals surface area contributed by atoms with Crippen molar-refractivity contribution in [2.24, 2.45) is 5.10 Å². The summed E-state index contributed by atoms with van der Waals surface area (Å²) in [5, 5.41) is 4.79. The quantitative estimate of drug-likeness (QED) is 0.562. The second-order valence-corrected chi connectivity index (χ2v) is 6.28. The van der Waals surface area contributed by atoms with E-state index in [4.69, 9.17) is 5.10 Å². The number of rotatable bonds is 4. The van der Waals surface area contributed by atoms with Crippen LogP contribution in [0.25, 0.3) is 0 Å². The molecule has 25 heavy (non-hydrogen) atoms. The third-order valence-corrected chi connectivity index (χ3v) is 4.64. The molecular weight excluding hydrogens is 306 g/mol. The van der Waals surface area contributed by atoms with Gasteiger partial charge in [0.15, 0.2) is 0 Å². The van der Waals surface area contributed by atoms with Gasteiger partial charge in [0.1, 0.15) is 0 Å². The first-order valence-corrected chi connectivity index (χ1v) is 8.60. The third-order valence-electron chi connectivity index (χ3n) is 4.64. The normalized spacial score (nSPS) is 12.6. The summed E-state index contributed by atoms with van der Waals surface area (Å²) < 4.78 is 0. The van der Waals surface area contributed by atoms with E-state index in [-0.39, 0.29) is 0 Å². The van der Waals surface area contributed by atoms with E-state index in [0.29, 0.717) is 0 Å². The number of hydrazone groups is 1. The largest absolute Gasteiger partial charge is 0.374 e. The minimum absolute atomic E-state index is 0.949. The predicted molar refractivity (Wildman–Crippen MR) is 106 cm³/mol. The number of fused-ring (bicyclic) bond motifs is 1. The minimum atomic E-state index is 0.949. The molecule has 1 aliphatic heterocycles. The highest BCUT2D eigenvalue weighted by molar-refractivity contribution is 6.13. The van der Waals surface area contributed by atoms with Crippen molar-refractivity contribution in [1.82, 2.24) is 0 Å². The number of hydrogen-bond donors (Lipinski definition) is 1. The number of nitrogens with one attached hydrogen (secondary N) is 1. The molecule has 0 spiro atoms. The van der Waals surface area contributed by atoms with Crippen LogP contribution in [0.5, 0.6) is 0 Å². The molecule has 0 unspecified atom stereocenters. The SMILES string of the molecule is CN1CCc2c(NN=C(c3ccccc3)c3ccccc3)cccc21. The van der Waals surface area contributed by atoms with Crippen LogP contribution in [0.4, 0.5) is 11.4 Å². The average Bonchev–Trinajstić information content (AvgIpc) is 3.06. The monoisotopic (exact) mass is 327 g/mol. The van der Waals surface area contributed by atoms with E-state index in [2.05, 4.69) is 59.8 Å². The molecule has 1 N–H and O–H groups in total. The highest BCUT2D eigenvalue weighted by Gasteiger charge is 2.18. The zero-order valence-electron chi connectivity index (χ0n) is 14.3. The zero-order chi connectivity index (χ0) is 17.1. The lowest BCUT2D eigenvalue weighted by Crippen LogP contribution is -2.12. The number of nitrogens with zero attached hydrogens (tertiary/aromatic N) is 2. The molecule has 0 bridgehead atoms. The predicted octanol–water partition coefficient (Wildman–Crippen LogP) is 4.54. The van der Waals surface area contributed by atoms with Gasteiger partial charge in [-0.25, -0.2) is 0 Å². The molecule has 0 fully saturated rings. The van der Waals surface area contributed by atoms with E-state index in [0.717, 1.165) is 35.5 Å². The Morgan fingerprint density at radius 3 is 2.12 bits per heavy atom. The fourth-order valence-electron chi connectivity index (χ4n) is 3.30. The highest BCUT2D eigenvalue weighted by atomic mass is 15.3. The number of likely N-dealkylation sites (N-methyl/N-ethyl adjacent to an activating group) is 1. The molecule has 4 rings (SSSR count). The zero-order valence-corrected chi connectivity index (χ0v) is 14.3. The maximum Gasteiger partial charge on any atom is 0.0977 e. The molecule has 124 valence electrons. The van der Waals surface area contributed by atoms with Crippen molar-refractivity contribution in [1.29, 1.82) is 0 Å². The summed E-state index contributed by atoms with van der Waals surface area (Å²) >= 11 is 0. The summed E-state index contributed by atoms with van der Waals surface area (Å²) in [6, 6.07) is 27.0. The van der Waals surface area contributed by atoms with E-state index in [1.54, 1.807) is 0 Å². The van der Waals surface area contributed by atoms with E-state index in [1.165, 1.54) is 11.3 Å². The first kappa shape index (κ1) is 15.5. The third kappa shape index (κ3) is 3.13. The molecule has 1 aliphatic rings. The van der Waals surface area contributed by atoms with Gasteiger partial charge in [0, 0.05) is 36.0 Å². The molecule has 3 heteroatoms. The molecule has 3 aromatic rings. The molecule has 3 aromatic carbocycles. The fraction of sp³-hybridized carbons (Fsp3) is 0.136. The van der Waals surface area contributed by atoms with Crippen LogP contribution < -0.4 is 10.3 Å². The lowest BCUT2D eigenvalue weighted by atomic mass is 10.0. The average molecular weight is 327 g/mol. The Labute approximate surface area is 148 Å². The number of benzene rings is 3. The Balaban J connectivity index is 1.72. The molecular formula is C22H21N3. The van der Waals surface area contributed by atoms with Crippen LogP contribution in [-0.2, 0) is 6.42 Å². The summed E-state index contributed by atoms with van der Waals surface area (Å²) in [5.41, 5.74) is 10.2. The molecule has 1 heterocycles. The van der Waals surface area contributed by atoms with Crippen LogP contribution in [0.3, 0.4) is 0 Å². The summed E-state index contributed by atoms with van der Waals surface area (Å²) in [6.45, 7) is 1.06. The van der Waals surface area contributed by atoms with Crippen molar-refractivity contribution in [3.05, 3.63) is 95.6 Å². The van der Waals surface area contributed by atoms with Crippen LogP contribution in [0.2, 0.25) is 0 Å². The molecule has 0 radical (unpaired) electrons. The maximum atomic E-state index is 4.79. The Morgan fingerprint density at radius 2 is 1.48 bits per heavy atom. The Morgan fingerprint density at radius 1 is 0.840 bits per heavy atom. The lowest BCUT2D eigenvalue weighted by molar-refractivity contribution is 0.956. The van der Waals surface area contributed by atoms with E-state index in [9.17, 15) is 0 Å². The van der Waals surface area contributed by atoms with Crippen molar-refractivity contribution in [3.63, 3.8) is 0 Å². The molecule has 0 amide bonds. The summed E-state index contributed by atoms with van der Waals surface area (Å²) in [6.07, 6.45) is 1.05. The van der Waals surface area contributed by atoms with E-state index < -0.39 is 0 Å². The number of anilines is 2. The van der Waals surface area contributed by atoms with Gasteiger partial charge in [-0.1, -0.05) is 66.7 Å². The van der Waals surface area contributed by atoms with Crippen LogP contribution in [-0.4, -0.2) is 19.3 Å². The van der Waals surface area contributed by atoms with Crippen molar-refractivity contribution in [2.45, 2.75) is 6.42 Å². The standard InChI is InChI=1S/C22H21N3/c1-25-16-15-19-20(13-8-14-21(19)25)23-24-22(17-9-4-2-5-10-17)18-11-6-3-7-12-18/h2-14,23H,15-16H2,1H3. The molecule has 0 saturated heterocycles. The lowest BCUT2D eigenvalue weighted by Gasteiger charge is -2.13. The Bertz CT molecular complexity index is 844. The topological polar surface area (TPSA) is 27.6 Å². The van der Waals surface area contributed by atoms with Gasteiger partial charge < -0.3 is 4.90 Å². The van der Waals surface area contributed by atoms with Gasteiger partial charge in [-0.3, -0.25) is 5.43 Å². The Hall–Kier alpha value is -3.07. The van der Waals surface area contributed by atoms with E-state index >= 15 is 0 Å². The first-order valence-electron chi connectivity index (χ1n) is 8.60. The van der Waals surface area contributed by atoms with Gasteiger partial charge in [-0.05, 0) is 18.6 Å². The minimum Gasteiger partial charge on any atom is -0.374 e. The molecule has 0 saturated carbocycles. The Kier molecular flexibility index (Phi) is 4.21. The van der Waals surface area contributed by atoms with E-state index in [1.807, 2.05) is 36.4 Å². The molecule has 0 atom stereocenters. The van der Waals surface area contributed by atoms with Gasteiger partial charge in [0.05, 0.1) is 11.4 Å². The van der Waals surface area contributed by atoms with Crippen LogP contribution in [0.15, 0.2) is 84.0 Å². The van der Waals surface area contributed by atoms with Crippen molar-refractivity contribution >= 4 is 17.1 Å². The maximum absolute atomic E-state index is 4.79. The first-order chi connectivity index (χ1) is 12.3. The van der Waals surface area contributed by atoms with Gasteiger partial charge >= 0.3 is 0 Å². The second-order valence-electron chi connectivity index (χ2n) is 6.28. The smallest absolute Gasteiger partial charge is 0.0977 e. The van der Waals surface area contributed by atoms with Crippen molar-refractivity contribution in [3.8, 4) is 0 Å². The van der Waals surface area contributed by atoms with Crippen molar-refractivity contribution in [2.75, 3.05) is 23.9 Å². The van der Waals surface area contributed by atoms with Gasteiger partial charge in [-0.2, -0.15) is 5.10 Å². The molecule has 0 aromatic heterocycles. The van der Waals surface area contributed by atoms with Crippen LogP contribution in [0, 0.1) is 0 Å². The molecule has 3 nitrogen and oxygen atoms in total. The summed E-state index contributed by atoms with van der Waals surface area (Å²) in [7, 11) is 2.14. The van der Waals surface area contributed by atoms with Crippen molar-refractivity contribution < 1.29 is 0 Å². The second kappa shape index (κ2) is 6.81.